The largest absolute Gasteiger partial charge is 0.508 e. The summed E-state index contributed by atoms with van der Waals surface area (Å²) in [5.74, 6) is -0.0772. The molecule has 1 rings (SSSR count). The predicted molar refractivity (Wildman–Crippen MR) is 63.4 cm³/mol. The molecule has 88 valence electrons. The Balaban J connectivity index is 2.63. The highest BCUT2D eigenvalue weighted by molar-refractivity contribution is 5.94. The Hall–Kier alpha value is -1.55. The van der Waals surface area contributed by atoms with Gasteiger partial charge in [0.25, 0.3) is 5.91 Å². The number of nitrogens with one attached hydrogen (secondary N) is 1. The molecular weight excluding hydrogens is 204 g/mol. The molecule has 1 unspecified atom stereocenters. The number of aromatic hydroxyl groups is 1. The summed E-state index contributed by atoms with van der Waals surface area (Å²) in [5.41, 5.74) is 6.89. The van der Waals surface area contributed by atoms with Crippen molar-refractivity contribution < 1.29 is 9.90 Å². The molecule has 0 aromatic heterocycles. The van der Waals surface area contributed by atoms with Crippen molar-refractivity contribution >= 4 is 5.91 Å². The van der Waals surface area contributed by atoms with Crippen LogP contribution in [-0.4, -0.2) is 23.6 Å². The van der Waals surface area contributed by atoms with Gasteiger partial charge in [-0.2, -0.15) is 0 Å². The maximum atomic E-state index is 11.7. The minimum Gasteiger partial charge on any atom is -0.508 e. The highest BCUT2D eigenvalue weighted by Crippen LogP contribution is 2.17. The number of amides is 1. The van der Waals surface area contributed by atoms with Crippen LogP contribution in [0.4, 0.5) is 0 Å². The maximum Gasteiger partial charge on any atom is 0.251 e. The zero-order valence-electron chi connectivity index (χ0n) is 9.66. The van der Waals surface area contributed by atoms with Gasteiger partial charge in [-0.05, 0) is 31.0 Å². The van der Waals surface area contributed by atoms with Gasteiger partial charge < -0.3 is 16.2 Å². The number of rotatable bonds is 4. The molecule has 0 aliphatic rings. The van der Waals surface area contributed by atoms with E-state index >= 15 is 0 Å². The number of phenols is 1. The minimum atomic E-state index is -0.209. The lowest BCUT2D eigenvalue weighted by atomic mass is 10.1. The quantitative estimate of drug-likeness (QED) is 0.715. The van der Waals surface area contributed by atoms with Crippen molar-refractivity contribution in [3.63, 3.8) is 0 Å². The maximum absolute atomic E-state index is 11.7. The van der Waals surface area contributed by atoms with Crippen LogP contribution >= 0.6 is 0 Å². The number of hydrogen-bond donors (Lipinski definition) is 3. The van der Waals surface area contributed by atoms with Crippen LogP contribution in [0, 0.1) is 6.92 Å². The SMILES string of the molecule is CCC(N)CNC(=O)c1ccc(C)c(O)c1. The lowest BCUT2D eigenvalue weighted by molar-refractivity contribution is 0.0950. The van der Waals surface area contributed by atoms with Gasteiger partial charge >= 0.3 is 0 Å². The Labute approximate surface area is 95.5 Å². The van der Waals surface area contributed by atoms with Crippen molar-refractivity contribution in [1.29, 1.82) is 0 Å². The van der Waals surface area contributed by atoms with Gasteiger partial charge in [0, 0.05) is 18.2 Å². The summed E-state index contributed by atoms with van der Waals surface area (Å²) < 4.78 is 0. The molecule has 0 bridgehead atoms. The highest BCUT2D eigenvalue weighted by atomic mass is 16.3. The smallest absolute Gasteiger partial charge is 0.251 e. The van der Waals surface area contributed by atoms with Gasteiger partial charge in [0.05, 0.1) is 0 Å². The minimum absolute atomic E-state index is 0.0250. The third kappa shape index (κ3) is 3.24. The predicted octanol–water partition coefficient (Wildman–Crippen LogP) is 1.17. The monoisotopic (exact) mass is 222 g/mol. The van der Waals surface area contributed by atoms with Crippen LogP contribution in [0.15, 0.2) is 18.2 Å². The van der Waals surface area contributed by atoms with Crippen molar-refractivity contribution in [1.82, 2.24) is 5.32 Å². The second kappa shape index (κ2) is 5.51. The standard InChI is InChI=1S/C12H18N2O2/c1-3-10(13)7-14-12(16)9-5-4-8(2)11(15)6-9/h4-6,10,15H,3,7,13H2,1-2H3,(H,14,16). The van der Waals surface area contributed by atoms with Gasteiger partial charge in [-0.3, -0.25) is 4.79 Å². The fourth-order valence-electron chi connectivity index (χ4n) is 1.22. The summed E-state index contributed by atoms with van der Waals surface area (Å²) in [6, 6.07) is 4.83. The zero-order chi connectivity index (χ0) is 12.1. The molecular formula is C12H18N2O2. The molecule has 1 atom stereocenters. The highest BCUT2D eigenvalue weighted by Gasteiger charge is 2.08. The lowest BCUT2D eigenvalue weighted by Gasteiger charge is -2.10. The van der Waals surface area contributed by atoms with E-state index in [0.717, 1.165) is 12.0 Å². The van der Waals surface area contributed by atoms with Crippen molar-refractivity contribution in [2.45, 2.75) is 26.3 Å². The topological polar surface area (TPSA) is 75.3 Å². The Kier molecular flexibility index (Phi) is 4.31. The van der Waals surface area contributed by atoms with Gasteiger partial charge in [-0.15, -0.1) is 0 Å². The number of carbonyl (C=O) groups is 1. The molecule has 1 amide bonds. The van der Waals surface area contributed by atoms with Gasteiger partial charge in [0.2, 0.25) is 0 Å². The van der Waals surface area contributed by atoms with Crippen LogP contribution in [0.25, 0.3) is 0 Å². The van der Waals surface area contributed by atoms with Crippen LogP contribution in [0.5, 0.6) is 5.75 Å². The molecule has 0 fully saturated rings. The average Bonchev–Trinajstić information content (AvgIpc) is 2.29. The number of phenolic OH excluding ortho intramolecular Hbond substituents is 1. The van der Waals surface area contributed by atoms with Gasteiger partial charge in [-0.25, -0.2) is 0 Å². The molecule has 0 heterocycles. The van der Waals surface area contributed by atoms with Crippen LogP contribution in [0.1, 0.15) is 29.3 Å². The van der Waals surface area contributed by atoms with Crippen molar-refractivity contribution in [2.24, 2.45) is 5.73 Å². The van der Waals surface area contributed by atoms with Crippen LogP contribution in [-0.2, 0) is 0 Å². The molecule has 0 spiro atoms. The number of nitrogens with two attached hydrogens (primary N) is 1. The van der Waals surface area contributed by atoms with E-state index in [-0.39, 0.29) is 17.7 Å². The molecule has 16 heavy (non-hydrogen) atoms. The molecule has 0 radical (unpaired) electrons. The summed E-state index contributed by atoms with van der Waals surface area (Å²) in [5, 5.41) is 12.2. The van der Waals surface area contributed by atoms with E-state index in [9.17, 15) is 9.90 Å². The second-order valence-corrected chi connectivity index (χ2v) is 3.88. The molecule has 0 aliphatic heterocycles. The van der Waals surface area contributed by atoms with E-state index < -0.39 is 0 Å². The summed E-state index contributed by atoms with van der Waals surface area (Å²) in [6.07, 6.45) is 0.819. The van der Waals surface area contributed by atoms with Crippen LogP contribution < -0.4 is 11.1 Å². The summed E-state index contributed by atoms with van der Waals surface area (Å²) in [7, 11) is 0. The molecule has 4 heteroatoms. The molecule has 4 N–H and O–H groups in total. The third-order valence-corrected chi connectivity index (χ3v) is 2.52. The number of hydrogen-bond acceptors (Lipinski definition) is 3. The number of aryl methyl sites for hydroxylation is 1. The number of carbonyl (C=O) groups excluding carboxylic acids is 1. The fourth-order valence-corrected chi connectivity index (χ4v) is 1.22. The summed E-state index contributed by atoms with van der Waals surface area (Å²) in [4.78, 5) is 11.7. The molecule has 0 saturated carbocycles. The van der Waals surface area contributed by atoms with E-state index in [1.54, 1.807) is 19.1 Å². The Bertz CT molecular complexity index is 377. The molecule has 4 nitrogen and oxygen atoms in total. The molecule has 0 aliphatic carbocycles. The van der Waals surface area contributed by atoms with Crippen molar-refractivity contribution in [2.75, 3.05) is 6.54 Å². The van der Waals surface area contributed by atoms with Gasteiger partial charge in [-0.1, -0.05) is 13.0 Å². The molecule has 1 aromatic carbocycles. The van der Waals surface area contributed by atoms with E-state index in [1.165, 1.54) is 6.07 Å². The first kappa shape index (κ1) is 12.5. The summed E-state index contributed by atoms with van der Waals surface area (Å²) >= 11 is 0. The first-order chi connectivity index (χ1) is 7.54. The van der Waals surface area contributed by atoms with E-state index in [1.807, 2.05) is 6.92 Å². The van der Waals surface area contributed by atoms with Crippen molar-refractivity contribution in [3.8, 4) is 5.75 Å². The molecule has 0 saturated heterocycles. The van der Waals surface area contributed by atoms with Gasteiger partial charge in [0.15, 0.2) is 0 Å². The first-order valence-corrected chi connectivity index (χ1v) is 5.38. The van der Waals surface area contributed by atoms with E-state index in [2.05, 4.69) is 5.32 Å². The average molecular weight is 222 g/mol. The van der Waals surface area contributed by atoms with Crippen LogP contribution in [0.2, 0.25) is 0 Å². The second-order valence-electron chi connectivity index (χ2n) is 3.88. The van der Waals surface area contributed by atoms with E-state index in [4.69, 9.17) is 5.73 Å². The Morgan fingerprint density at radius 2 is 2.25 bits per heavy atom. The third-order valence-electron chi connectivity index (χ3n) is 2.52. The first-order valence-electron chi connectivity index (χ1n) is 5.38. The normalized spacial score (nSPS) is 12.2. The Morgan fingerprint density at radius 1 is 1.56 bits per heavy atom. The van der Waals surface area contributed by atoms with E-state index in [0.29, 0.717) is 12.1 Å². The van der Waals surface area contributed by atoms with Crippen molar-refractivity contribution in [3.05, 3.63) is 29.3 Å². The van der Waals surface area contributed by atoms with Crippen LogP contribution in [0.3, 0.4) is 0 Å². The lowest BCUT2D eigenvalue weighted by Crippen LogP contribution is -2.36. The zero-order valence-corrected chi connectivity index (χ0v) is 9.66. The van der Waals surface area contributed by atoms with Gasteiger partial charge in [0.1, 0.15) is 5.75 Å². The number of benzene rings is 1. The Morgan fingerprint density at radius 3 is 2.81 bits per heavy atom. The fraction of sp³-hybridized carbons (Fsp3) is 0.417. The summed E-state index contributed by atoms with van der Waals surface area (Å²) in [6.45, 7) is 4.20. The molecule has 1 aromatic rings.